The Balaban J connectivity index is 2.09. The monoisotopic (exact) mass is 494 g/mol. The highest BCUT2D eigenvalue weighted by atomic mass is 16.4. The average Bonchev–Trinajstić information content (AvgIpc) is 3.27. The number of aliphatic carboxylic acids is 2. The number of aliphatic hydroxyl groups excluding tert-OH is 1. The molecule has 35 heavy (non-hydrogen) atoms. The van der Waals surface area contributed by atoms with Crippen LogP contribution in [-0.4, -0.2) is 91.8 Å². The van der Waals surface area contributed by atoms with Gasteiger partial charge in [0, 0.05) is 6.54 Å². The molecule has 13 heteroatoms. The molecule has 0 aromatic heterocycles. The van der Waals surface area contributed by atoms with Gasteiger partial charge in [-0.05, 0) is 43.9 Å². The van der Waals surface area contributed by atoms with Crippen molar-refractivity contribution < 1.29 is 44.4 Å². The molecule has 1 heterocycles. The lowest BCUT2D eigenvalue weighted by Gasteiger charge is -2.28. The second kappa shape index (κ2) is 12.1. The van der Waals surface area contributed by atoms with Gasteiger partial charge in [0.2, 0.25) is 17.7 Å². The summed E-state index contributed by atoms with van der Waals surface area (Å²) in [4.78, 5) is 62.1. The van der Waals surface area contributed by atoms with E-state index >= 15 is 0 Å². The molecule has 8 N–H and O–H groups in total. The van der Waals surface area contributed by atoms with Crippen molar-refractivity contribution in [1.82, 2.24) is 15.5 Å². The fraction of sp³-hybridized carbons (Fsp3) is 0.500. The number of benzene rings is 1. The molecule has 0 radical (unpaired) electrons. The van der Waals surface area contributed by atoms with Crippen LogP contribution in [0, 0.1) is 0 Å². The Bertz CT molecular complexity index is 951. The lowest BCUT2D eigenvalue weighted by Crippen LogP contribution is -2.58. The van der Waals surface area contributed by atoms with Gasteiger partial charge in [-0.25, -0.2) is 4.79 Å². The highest BCUT2D eigenvalue weighted by Crippen LogP contribution is 2.20. The van der Waals surface area contributed by atoms with E-state index in [-0.39, 0.29) is 25.1 Å². The number of likely N-dealkylation sites (tertiary alicyclic amines) is 1. The van der Waals surface area contributed by atoms with Crippen molar-refractivity contribution >= 4 is 29.7 Å². The molecule has 0 spiro atoms. The summed E-state index contributed by atoms with van der Waals surface area (Å²) in [6.45, 7) is 1.37. The predicted molar refractivity (Wildman–Crippen MR) is 120 cm³/mol. The summed E-state index contributed by atoms with van der Waals surface area (Å²) in [7, 11) is 0. The van der Waals surface area contributed by atoms with E-state index in [0.717, 1.165) is 6.92 Å². The summed E-state index contributed by atoms with van der Waals surface area (Å²) >= 11 is 0. The molecule has 1 aromatic carbocycles. The van der Waals surface area contributed by atoms with Crippen molar-refractivity contribution in [3.63, 3.8) is 0 Å². The van der Waals surface area contributed by atoms with Gasteiger partial charge in [0.1, 0.15) is 17.8 Å². The smallest absolute Gasteiger partial charge is 0.328 e. The van der Waals surface area contributed by atoms with Crippen LogP contribution in [0.2, 0.25) is 0 Å². The van der Waals surface area contributed by atoms with Gasteiger partial charge in [0.25, 0.3) is 0 Å². The zero-order chi connectivity index (χ0) is 26.3. The highest BCUT2D eigenvalue weighted by molar-refractivity contribution is 5.96. The number of aliphatic hydroxyl groups is 1. The first-order valence-electron chi connectivity index (χ1n) is 11.0. The van der Waals surface area contributed by atoms with Crippen LogP contribution < -0.4 is 16.4 Å². The normalized spacial score (nSPS) is 18.7. The molecule has 1 aliphatic rings. The molecule has 1 aliphatic heterocycles. The Labute approximate surface area is 200 Å². The summed E-state index contributed by atoms with van der Waals surface area (Å²) in [5.41, 5.74) is 6.75. The summed E-state index contributed by atoms with van der Waals surface area (Å²) in [5.74, 6) is -5.29. The number of nitrogens with one attached hydrogen (secondary N) is 2. The quantitative estimate of drug-likeness (QED) is 0.182. The van der Waals surface area contributed by atoms with E-state index in [9.17, 15) is 34.2 Å². The molecule has 0 bridgehead atoms. The maximum absolute atomic E-state index is 12.9. The largest absolute Gasteiger partial charge is 0.508 e. The minimum Gasteiger partial charge on any atom is -0.508 e. The number of carboxylic acids is 2. The minimum absolute atomic E-state index is 0.0630. The van der Waals surface area contributed by atoms with Crippen LogP contribution in [0.3, 0.4) is 0 Å². The second-order valence-electron chi connectivity index (χ2n) is 8.39. The Kier molecular flexibility index (Phi) is 9.54. The molecule has 3 amide bonds. The average molecular weight is 495 g/mol. The molecule has 13 nitrogen and oxygen atoms in total. The van der Waals surface area contributed by atoms with Crippen molar-refractivity contribution in [2.24, 2.45) is 5.73 Å². The Hall–Kier alpha value is -3.71. The number of hydrogen-bond donors (Lipinski definition) is 7. The van der Waals surface area contributed by atoms with Crippen molar-refractivity contribution in [2.75, 3.05) is 6.54 Å². The standard InChI is InChI=1S/C22H30N4O9/c1-11(27)18(22(34)35)25-19(31)15(10-17(29)30)24-20(32)16-3-2-8-26(16)21(33)14(23)9-12-4-6-13(28)7-5-12/h4-7,11,14-16,18,27-28H,2-3,8-10,23H2,1H3,(H,24,32)(H,25,31)(H,29,30)(H,34,35). The van der Waals surface area contributed by atoms with Gasteiger partial charge in [0.15, 0.2) is 6.04 Å². The Morgan fingerprint density at radius 2 is 1.74 bits per heavy atom. The Morgan fingerprint density at radius 1 is 1.11 bits per heavy atom. The molecule has 1 aromatic rings. The van der Waals surface area contributed by atoms with Crippen LogP contribution in [0.4, 0.5) is 0 Å². The number of nitrogens with two attached hydrogens (primary N) is 1. The van der Waals surface area contributed by atoms with Crippen LogP contribution >= 0.6 is 0 Å². The number of phenols is 1. The van der Waals surface area contributed by atoms with Gasteiger partial charge in [-0.3, -0.25) is 19.2 Å². The van der Waals surface area contributed by atoms with E-state index in [1.165, 1.54) is 17.0 Å². The molecular weight excluding hydrogens is 464 g/mol. The number of carboxylic acid groups (broad SMARTS) is 2. The van der Waals surface area contributed by atoms with Gasteiger partial charge in [-0.2, -0.15) is 0 Å². The number of hydrogen-bond acceptors (Lipinski definition) is 8. The van der Waals surface area contributed by atoms with E-state index in [0.29, 0.717) is 12.0 Å². The molecule has 5 unspecified atom stereocenters. The van der Waals surface area contributed by atoms with Crippen LogP contribution in [0.1, 0.15) is 31.7 Å². The molecule has 0 aliphatic carbocycles. The first kappa shape index (κ1) is 27.5. The molecule has 192 valence electrons. The third-order valence-electron chi connectivity index (χ3n) is 5.61. The maximum Gasteiger partial charge on any atom is 0.328 e. The SMILES string of the molecule is CC(O)C(NC(=O)C(CC(=O)O)NC(=O)C1CCCN1C(=O)C(N)Cc1ccc(O)cc1)C(=O)O. The fourth-order valence-corrected chi connectivity index (χ4v) is 3.78. The number of rotatable bonds is 11. The molecule has 1 fully saturated rings. The molecule has 2 rings (SSSR count). The van der Waals surface area contributed by atoms with Crippen molar-refractivity contribution in [3.05, 3.63) is 29.8 Å². The molecule has 1 saturated heterocycles. The lowest BCUT2D eigenvalue weighted by atomic mass is 10.0. The van der Waals surface area contributed by atoms with Crippen LogP contribution in [0.5, 0.6) is 5.75 Å². The van der Waals surface area contributed by atoms with Crippen LogP contribution in [-0.2, 0) is 30.4 Å². The van der Waals surface area contributed by atoms with Gasteiger partial charge < -0.3 is 41.7 Å². The number of nitrogens with zero attached hydrogens (tertiary/aromatic N) is 1. The van der Waals surface area contributed by atoms with E-state index < -0.39 is 66.4 Å². The number of carbonyl (C=O) groups is 5. The van der Waals surface area contributed by atoms with Gasteiger partial charge in [-0.15, -0.1) is 0 Å². The Morgan fingerprint density at radius 3 is 2.29 bits per heavy atom. The molecule has 0 saturated carbocycles. The summed E-state index contributed by atoms with van der Waals surface area (Å²) in [5, 5.41) is 41.5. The summed E-state index contributed by atoms with van der Waals surface area (Å²) in [6.07, 6.45) is -1.42. The van der Waals surface area contributed by atoms with Gasteiger partial charge >= 0.3 is 11.9 Å². The number of aromatic hydroxyl groups is 1. The first-order chi connectivity index (χ1) is 16.4. The third-order valence-corrected chi connectivity index (χ3v) is 5.61. The predicted octanol–water partition coefficient (Wildman–Crippen LogP) is -1.84. The van der Waals surface area contributed by atoms with Gasteiger partial charge in [0.05, 0.1) is 18.6 Å². The van der Waals surface area contributed by atoms with E-state index in [1.54, 1.807) is 12.1 Å². The number of amides is 3. The summed E-state index contributed by atoms with van der Waals surface area (Å²) < 4.78 is 0. The summed E-state index contributed by atoms with van der Waals surface area (Å²) in [6, 6.07) is 0.824. The van der Waals surface area contributed by atoms with Crippen LogP contribution in [0.25, 0.3) is 0 Å². The van der Waals surface area contributed by atoms with E-state index in [4.69, 9.17) is 15.9 Å². The lowest BCUT2D eigenvalue weighted by molar-refractivity contribution is -0.146. The van der Waals surface area contributed by atoms with Crippen molar-refractivity contribution in [3.8, 4) is 5.75 Å². The fourth-order valence-electron chi connectivity index (χ4n) is 3.78. The highest BCUT2D eigenvalue weighted by Gasteiger charge is 2.38. The van der Waals surface area contributed by atoms with E-state index in [2.05, 4.69) is 5.32 Å². The second-order valence-corrected chi connectivity index (χ2v) is 8.39. The number of phenolic OH excluding ortho intramolecular Hbond substituents is 1. The van der Waals surface area contributed by atoms with E-state index in [1.807, 2.05) is 5.32 Å². The topological polar surface area (TPSA) is 220 Å². The van der Waals surface area contributed by atoms with Gasteiger partial charge in [-0.1, -0.05) is 12.1 Å². The minimum atomic E-state index is -1.71. The van der Waals surface area contributed by atoms with Crippen molar-refractivity contribution in [2.45, 2.75) is 62.9 Å². The zero-order valence-electron chi connectivity index (χ0n) is 19.1. The maximum atomic E-state index is 12.9. The number of carbonyl (C=O) groups excluding carboxylic acids is 3. The zero-order valence-corrected chi connectivity index (χ0v) is 19.1. The van der Waals surface area contributed by atoms with Crippen LogP contribution in [0.15, 0.2) is 24.3 Å². The van der Waals surface area contributed by atoms with Crippen molar-refractivity contribution in [1.29, 1.82) is 0 Å². The third kappa shape index (κ3) is 7.65. The molecular formula is C22H30N4O9. The first-order valence-corrected chi connectivity index (χ1v) is 11.0. The molecule has 5 atom stereocenters.